The number of rotatable bonds is 5. The summed E-state index contributed by atoms with van der Waals surface area (Å²) in [6.45, 7) is 3.59. The Hall–Kier alpha value is -3.50. The first-order valence-corrected chi connectivity index (χ1v) is 11.5. The topological polar surface area (TPSA) is 97.8 Å². The van der Waals surface area contributed by atoms with Crippen LogP contribution in [0.4, 0.5) is 15.2 Å². The van der Waals surface area contributed by atoms with E-state index in [9.17, 15) is 19.1 Å². The van der Waals surface area contributed by atoms with Gasteiger partial charge in [0.25, 0.3) is 11.8 Å². The second-order valence-electron chi connectivity index (χ2n) is 7.94. The van der Waals surface area contributed by atoms with Crippen LogP contribution in [0.15, 0.2) is 48.0 Å². The molecule has 1 saturated heterocycles. The van der Waals surface area contributed by atoms with E-state index in [1.165, 1.54) is 22.3 Å². The number of amides is 2. The molecule has 1 fully saturated rings. The zero-order valence-corrected chi connectivity index (χ0v) is 18.4. The Kier molecular flexibility index (Phi) is 5.69. The lowest BCUT2D eigenvalue weighted by atomic mass is 10.0. The number of halogens is 1. The molecule has 1 aromatic heterocycles. The van der Waals surface area contributed by atoms with Gasteiger partial charge in [-0.1, -0.05) is 6.07 Å². The van der Waals surface area contributed by atoms with E-state index in [1.807, 2.05) is 18.2 Å². The first-order valence-electron chi connectivity index (χ1n) is 10.6. The zero-order chi connectivity index (χ0) is 22.9. The molecule has 2 aromatic carbocycles. The number of aromatic nitrogens is 1. The van der Waals surface area contributed by atoms with Gasteiger partial charge in [0.2, 0.25) is 0 Å². The van der Waals surface area contributed by atoms with E-state index in [0.29, 0.717) is 10.7 Å². The molecule has 2 amide bonds. The second kappa shape index (κ2) is 8.80. The molecule has 2 aliphatic rings. The SMILES string of the molecule is O=C(Nc1nccs1)C(c1cc(F)ccc1O)N1Cc2ccc(N3CCNCC3)cc2C1=O. The molecule has 2 aliphatic heterocycles. The molecule has 0 saturated carbocycles. The van der Waals surface area contributed by atoms with Gasteiger partial charge in [0.1, 0.15) is 17.6 Å². The Labute approximate surface area is 193 Å². The minimum atomic E-state index is -1.23. The van der Waals surface area contributed by atoms with Gasteiger partial charge in [0.15, 0.2) is 5.13 Å². The number of aromatic hydroxyl groups is 1. The van der Waals surface area contributed by atoms with Crippen LogP contribution < -0.4 is 15.5 Å². The summed E-state index contributed by atoms with van der Waals surface area (Å²) in [7, 11) is 0. The highest BCUT2D eigenvalue weighted by molar-refractivity contribution is 7.13. The van der Waals surface area contributed by atoms with E-state index in [1.54, 1.807) is 11.6 Å². The van der Waals surface area contributed by atoms with Crippen molar-refractivity contribution in [3.8, 4) is 5.75 Å². The predicted molar refractivity (Wildman–Crippen MR) is 123 cm³/mol. The molecule has 5 rings (SSSR count). The average molecular weight is 468 g/mol. The van der Waals surface area contributed by atoms with E-state index >= 15 is 0 Å². The Morgan fingerprint density at radius 2 is 2.03 bits per heavy atom. The fourth-order valence-corrected chi connectivity index (χ4v) is 4.83. The number of piperazine rings is 1. The number of phenolic OH excluding ortho intramolecular Hbond substituents is 1. The Bertz CT molecular complexity index is 1200. The number of carbonyl (C=O) groups excluding carboxylic acids is 2. The van der Waals surface area contributed by atoms with E-state index in [-0.39, 0.29) is 23.8 Å². The molecule has 3 aromatic rings. The maximum atomic E-state index is 14.1. The summed E-state index contributed by atoms with van der Waals surface area (Å²) in [5, 5.41) is 18.5. The lowest BCUT2D eigenvalue weighted by molar-refractivity contribution is -0.120. The van der Waals surface area contributed by atoms with Crippen molar-refractivity contribution in [1.82, 2.24) is 15.2 Å². The fraction of sp³-hybridized carbons (Fsp3) is 0.261. The van der Waals surface area contributed by atoms with Crippen LogP contribution in [0.2, 0.25) is 0 Å². The van der Waals surface area contributed by atoms with Gasteiger partial charge in [-0.2, -0.15) is 0 Å². The standard InChI is InChI=1S/C23H22FN5O3S/c24-15-2-4-19(30)18(11-15)20(21(31)27-23-26-7-10-33-23)29-13-14-1-3-16(12-17(14)22(29)32)28-8-5-25-6-9-28/h1-4,7,10-12,20,25,30H,5-6,8-9,13H2,(H,26,27,31). The van der Waals surface area contributed by atoms with Crippen LogP contribution in [0, 0.1) is 5.82 Å². The number of fused-ring (bicyclic) bond motifs is 1. The molecule has 170 valence electrons. The molecule has 0 radical (unpaired) electrons. The molecular weight excluding hydrogens is 445 g/mol. The number of nitrogens with zero attached hydrogens (tertiary/aromatic N) is 3. The summed E-state index contributed by atoms with van der Waals surface area (Å²) in [4.78, 5) is 34.4. The number of nitrogens with one attached hydrogen (secondary N) is 2. The van der Waals surface area contributed by atoms with Gasteiger partial charge in [-0.05, 0) is 35.9 Å². The highest BCUT2D eigenvalue weighted by Crippen LogP contribution is 2.37. The zero-order valence-electron chi connectivity index (χ0n) is 17.6. The smallest absolute Gasteiger partial charge is 0.255 e. The van der Waals surface area contributed by atoms with Crippen LogP contribution in [0.1, 0.15) is 27.5 Å². The highest BCUT2D eigenvalue weighted by Gasteiger charge is 2.39. The minimum Gasteiger partial charge on any atom is -0.508 e. The Morgan fingerprint density at radius 3 is 2.79 bits per heavy atom. The molecule has 1 atom stereocenters. The summed E-state index contributed by atoms with van der Waals surface area (Å²) >= 11 is 1.23. The van der Waals surface area contributed by atoms with E-state index < -0.39 is 17.8 Å². The Morgan fingerprint density at radius 1 is 1.21 bits per heavy atom. The van der Waals surface area contributed by atoms with E-state index in [4.69, 9.17) is 0 Å². The quantitative estimate of drug-likeness (QED) is 0.534. The molecule has 3 N–H and O–H groups in total. The van der Waals surface area contributed by atoms with Crippen molar-refractivity contribution in [2.24, 2.45) is 0 Å². The number of carbonyl (C=O) groups is 2. The van der Waals surface area contributed by atoms with Gasteiger partial charge in [-0.15, -0.1) is 11.3 Å². The van der Waals surface area contributed by atoms with Gasteiger partial charge in [-0.25, -0.2) is 9.37 Å². The molecule has 0 aliphatic carbocycles. The lowest BCUT2D eigenvalue weighted by Gasteiger charge is -2.29. The number of thiazole rings is 1. The molecule has 1 unspecified atom stereocenters. The first-order chi connectivity index (χ1) is 16.0. The fourth-order valence-electron chi connectivity index (χ4n) is 4.29. The van der Waals surface area contributed by atoms with Crippen molar-refractivity contribution in [2.45, 2.75) is 12.6 Å². The number of anilines is 2. The summed E-state index contributed by atoms with van der Waals surface area (Å²) in [5.74, 6) is -1.79. The van der Waals surface area contributed by atoms with E-state index in [2.05, 4.69) is 20.5 Å². The molecule has 8 nitrogen and oxygen atoms in total. The lowest BCUT2D eigenvalue weighted by Crippen LogP contribution is -2.43. The van der Waals surface area contributed by atoms with Crippen molar-refractivity contribution in [3.05, 3.63) is 70.5 Å². The summed E-state index contributed by atoms with van der Waals surface area (Å²) in [5.41, 5.74) is 2.26. The molecular formula is C23H22FN5O3S. The van der Waals surface area contributed by atoms with Crippen molar-refractivity contribution in [3.63, 3.8) is 0 Å². The maximum Gasteiger partial charge on any atom is 0.255 e. The third kappa shape index (κ3) is 4.14. The van der Waals surface area contributed by atoms with E-state index in [0.717, 1.165) is 49.6 Å². The third-order valence-electron chi connectivity index (χ3n) is 5.91. The number of hydrogen-bond donors (Lipinski definition) is 3. The Balaban J connectivity index is 1.49. The van der Waals surface area contributed by atoms with Crippen molar-refractivity contribution >= 4 is 34.0 Å². The maximum absolute atomic E-state index is 14.1. The molecule has 0 bridgehead atoms. The average Bonchev–Trinajstić information content (AvgIpc) is 3.45. The van der Waals surface area contributed by atoms with Crippen LogP contribution in [-0.2, 0) is 11.3 Å². The predicted octanol–water partition coefficient (Wildman–Crippen LogP) is 2.73. The number of hydrogen-bond acceptors (Lipinski definition) is 7. The largest absolute Gasteiger partial charge is 0.508 e. The molecule has 33 heavy (non-hydrogen) atoms. The van der Waals surface area contributed by atoms with Crippen molar-refractivity contribution in [1.29, 1.82) is 0 Å². The molecule has 0 spiro atoms. The van der Waals surface area contributed by atoms with Gasteiger partial charge >= 0.3 is 0 Å². The second-order valence-corrected chi connectivity index (χ2v) is 8.84. The summed E-state index contributed by atoms with van der Waals surface area (Å²) < 4.78 is 14.1. The highest BCUT2D eigenvalue weighted by atomic mass is 32.1. The van der Waals surface area contributed by atoms with Gasteiger partial charge in [0.05, 0.1) is 0 Å². The first kappa shape index (κ1) is 21.4. The monoisotopic (exact) mass is 467 g/mol. The van der Waals surface area contributed by atoms with Gasteiger partial charge in [-0.3, -0.25) is 14.9 Å². The summed E-state index contributed by atoms with van der Waals surface area (Å²) in [6, 6.07) is 7.87. The normalized spacial score (nSPS) is 16.6. The van der Waals surface area contributed by atoms with Crippen LogP contribution in [-0.4, -0.2) is 53.0 Å². The molecule has 3 heterocycles. The number of phenols is 1. The van der Waals surface area contributed by atoms with Gasteiger partial charge in [0, 0.05) is 61.1 Å². The third-order valence-corrected chi connectivity index (χ3v) is 6.60. The molecule has 10 heteroatoms. The van der Waals surface area contributed by atoms with Crippen molar-refractivity contribution in [2.75, 3.05) is 36.4 Å². The van der Waals surface area contributed by atoms with Crippen LogP contribution >= 0.6 is 11.3 Å². The van der Waals surface area contributed by atoms with Crippen molar-refractivity contribution < 1.29 is 19.1 Å². The number of benzene rings is 2. The van der Waals surface area contributed by atoms with Crippen LogP contribution in [0.3, 0.4) is 0 Å². The minimum absolute atomic E-state index is 0.0209. The summed E-state index contributed by atoms with van der Waals surface area (Å²) in [6.07, 6.45) is 1.55. The van der Waals surface area contributed by atoms with Crippen LogP contribution in [0.5, 0.6) is 5.75 Å². The van der Waals surface area contributed by atoms with Crippen LogP contribution in [0.25, 0.3) is 0 Å². The van der Waals surface area contributed by atoms with Gasteiger partial charge < -0.3 is 20.2 Å².